The number of rotatable bonds is 5. The minimum atomic E-state index is 0.0607. The number of aryl methyl sites for hydroxylation is 3. The standard InChI is InChI=1S/C13H18N4O/c1-4-10-8-11(16(3)15-10)12(18)9-13-14-6-7-17(13)5-2/h6-8H,4-5,9H2,1-3H3. The number of carbonyl (C=O) groups excluding carboxylic acids is 1. The van der Waals surface area contributed by atoms with Crippen molar-refractivity contribution in [3.8, 4) is 0 Å². The highest BCUT2D eigenvalue weighted by molar-refractivity contribution is 5.95. The molecular formula is C13H18N4O. The van der Waals surface area contributed by atoms with Crippen molar-refractivity contribution in [3.05, 3.63) is 35.7 Å². The topological polar surface area (TPSA) is 52.7 Å². The van der Waals surface area contributed by atoms with E-state index >= 15 is 0 Å². The Kier molecular flexibility index (Phi) is 3.60. The largest absolute Gasteiger partial charge is 0.335 e. The van der Waals surface area contributed by atoms with Crippen LogP contribution in [-0.2, 0) is 26.4 Å². The maximum Gasteiger partial charge on any atom is 0.188 e. The first kappa shape index (κ1) is 12.5. The fourth-order valence-corrected chi connectivity index (χ4v) is 1.99. The number of imidazole rings is 1. The lowest BCUT2D eigenvalue weighted by molar-refractivity contribution is 0.0981. The number of hydrogen-bond donors (Lipinski definition) is 0. The maximum atomic E-state index is 12.2. The van der Waals surface area contributed by atoms with Gasteiger partial charge < -0.3 is 4.57 Å². The molecule has 0 aliphatic carbocycles. The second kappa shape index (κ2) is 5.16. The minimum absolute atomic E-state index is 0.0607. The molecule has 0 N–H and O–H groups in total. The lowest BCUT2D eigenvalue weighted by Crippen LogP contribution is -2.13. The van der Waals surface area contributed by atoms with Gasteiger partial charge in [-0.25, -0.2) is 4.98 Å². The van der Waals surface area contributed by atoms with Gasteiger partial charge in [-0.1, -0.05) is 6.92 Å². The Balaban J connectivity index is 2.19. The predicted octanol–water partition coefficient (Wildman–Crippen LogP) is 1.62. The Bertz CT molecular complexity index is 553. The number of carbonyl (C=O) groups is 1. The first-order chi connectivity index (χ1) is 8.65. The van der Waals surface area contributed by atoms with Crippen molar-refractivity contribution in [2.45, 2.75) is 33.2 Å². The Morgan fingerprint density at radius 3 is 2.78 bits per heavy atom. The van der Waals surface area contributed by atoms with Crippen LogP contribution in [0, 0.1) is 0 Å². The monoisotopic (exact) mass is 246 g/mol. The summed E-state index contributed by atoms with van der Waals surface area (Å²) in [7, 11) is 1.80. The third-order valence-corrected chi connectivity index (χ3v) is 3.04. The van der Waals surface area contributed by atoms with Crippen molar-refractivity contribution >= 4 is 5.78 Å². The van der Waals surface area contributed by atoms with Crippen LogP contribution in [0.15, 0.2) is 18.5 Å². The molecule has 2 heterocycles. The molecule has 0 fully saturated rings. The summed E-state index contributed by atoms with van der Waals surface area (Å²) in [5.74, 6) is 0.868. The molecule has 2 aromatic heterocycles. The third kappa shape index (κ3) is 2.34. The lowest BCUT2D eigenvalue weighted by Gasteiger charge is -2.04. The summed E-state index contributed by atoms with van der Waals surface area (Å²) in [6.45, 7) is 4.89. The average molecular weight is 246 g/mol. The van der Waals surface area contributed by atoms with Crippen molar-refractivity contribution < 1.29 is 4.79 Å². The second-order valence-electron chi connectivity index (χ2n) is 4.23. The maximum absolute atomic E-state index is 12.2. The van der Waals surface area contributed by atoms with Crippen LogP contribution in [0.25, 0.3) is 0 Å². The van der Waals surface area contributed by atoms with Gasteiger partial charge in [-0.3, -0.25) is 9.48 Å². The van der Waals surface area contributed by atoms with Crippen LogP contribution >= 0.6 is 0 Å². The second-order valence-corrected chi connectivity index (χ2v) is 4.23. The van der Waals surface area contributed by atoms with Gasteiger partial charge in [0.25, 0.3) is 0 Å². The molecule has 5 nitrogen and oxygen atoms in total. The number of nitrogens with zero attached hydrogens (tertiary/aromatic N) is 4. The van der Waals surface area contributed by atoms with Gasteiger partial charge in [-0.05, 0) is 19.4 Å². The van der Waals surface area contributed by atoms with E-state index in [1.807, 2.05) is 30.7 Å². The molecule has 0 aromatic carbocycles. The number of hydrogen-bond acceptors (Lipinski definition) is 3. The van der Waals surface area contributed by atoms with Crippen LogP contribution < -0.4 is 0 Å². The van der Waals surface area contributed by atoms with E-state index in [1.54, 1.807) is 17.9 Å². The number of aromatic nitrogens is 4. The van der Waals surface area contributed by atoms with Gasteiger partial charge >= 0.3 is 0 Å². The van der Waals surface area contributed by atoms with E-state index in [0.717, 1.165) is 24.5 Å². The van der Waals surface area contributed by atoms with Crippen molar-refractivity contribution in [2.75, 3.05) is 0 Å². The first-order valence-electron chi connectivity index (χ1n) is 6.21. The molecule has 0 saturated carbocycles. The summed E-state index contributed by atoms with van der Waals surface area (Å²) >= 11 is 0. The molecule has 0 aliphatic heterocycles. The van der Waals surface area contributed by atoms with E-state index in [-0.39, 0.29) is 5.78 Å². The predicted molar refractivity (Wildman–Crippen MR) is 68.5 cm³/mol. The van der Waals surface area contributed by atoms with Gasteiger partial charge in [-0.15, -0.1) is 0 Å². The number of ketones is 1. The number of Topliss-reactive ketones (excluding diaryl/α,β-unsaturated/α-hetero) is 1. The van der Waals surface area contributed by atoms with Crippen molar-refractivity contribution in [3.63, 3.8) is 0 Å². The van der Waals surface area contributed by atoms with Crippen molar-refractivity contribution in [2.24, 2.45) is 7.05 Å². The summed E-state index contributed by atoms with van der Waals surface area (Å²) in [6, 6.07) is 1.86. The van der Waals surface area contributed by atoms with E-state index < -0.39 is 0 Å². The normalized spacial score (nSPS) is 10.8. The third-order valence-electron chi connectivity index (χ3n) is 3.04. The molecule has 0 atom stereocenters. The zero-order valence-corrected chi connectivity index (χ0v) is 11.1. The van der Waals surface area contributed by atoms with Crippen LogP contribution in [0.1, 0.15) is 35.9 Å². The van der Waals surface area contributed by atoms with Crippen molar-refractivity contribution in [1.82, 2.24) is 19.3 Å². The highest BCUT2D eigenvalue weighted by Gasteiger charge is 2.15. The molecule has 0 radical (unpaired) electrons. The van der Waals surface area contributed by atoms with Gasteiger partial charge in [0.1, 0.15) is 11.5 Å². The average Bonchev–Trinajstić information content (AvgIpc) is 2.95. The van der Waals surface area contributed by atoms with Crippen LogP contribution in [0.4, 0.5) is 0 Å². The molecule has 96 valence electrons. The molecule has 0 saturated heterocycles. The van der Waals surface area contributed by atoms with Crippen LogP contribution in [0.2, 0.25) is 0 Å². The SMILES string of the molecule is CCc1cc(C(=O)Cc2nccn2CC)n(C)n1. The van der Waals surface area contributed by atoms with Crippen LogP contribution in [0.3, 0.4) is 0 Å². The Labute approximate surface area is 106 Å². The summed E-state index contributed by atoms with van der Waals surface area (Å²) in [6.07, 6.45) is 4.78. The molecular weight excluding hydrogens is 228 g/mol. The quantitative estimate of drug-likeness (QED) is 0.753. The van der Waals surface area contributed by atoms with Gasteiger partial charge in [0.2, 0.25) is 0 Å². The van der Waals surface area contributed by atoms with E-state index in [9.17, 15) is 4.79 Å². The molecule has 2 aromatic rings. The smallest absolute Gasteiger partial charge is 0.188 e. The van der Waals surface area contributed by atoms with Gasteiger partial charge in [0.15, 0.2) is 5.78 Å². The summed E-state index contributed by atoms with van der Waals surface area (Å²) in [5.41, 5.74) is 1.59. The molecule has 0 spiro atoms. The van der Waals surface area contributed by atoms with Gasteiger partial charge in [0, 0.05) is 26.0 Å². The molecule has 2 rings (SSSR count). The van der Waals surface area contributed by atoms with E-state index in [0.29, 0.717) is 12.1 Å². The van der Waals surface area contributed by atoms with E-state index in [1.165, 1.54) is 0 Å². The van der Waals surface area contributed by atoms with Gasteiger partial charge in [0.05, 0.1) is 12.1 Å². The molecule has 0 amide bonds. The Morgan fingerprint density at radius 2 is 2.17 bits per heavy atom. The molecule has 18 heavy (non-hydrogen) atoms. The Morgan fingerprint density at radius 1 is 1.39 bits per heavy atom. The zero-order valence-electron chi connectivity index (χ0n) is 11.1. The Hall–Kier alpha value is -1.91. The molecule has 0 aliphatic rings. The molecule has 5 heteroatoms. The highest BCUT2D eigenvalue weighted by atomic mass is 16.1. The van der Waals surface area contributed by atoms with Crippen molar-refractivity contribution in [1.29, 1.82) is 0 Å². The fraction of sp³-hybridized carbons (Fsp3) is 0.462. The summed E-state index contributed by atoms with van der Waals surface area (Å²) in [4.78, 5) is 16.4. The first-order valence-corrected chi connectivity index (χ1v) is 6.21. The summed E-state index contributed by atoms with van der Waals surface area (Å²) in [5, 5.41) is 4.29. The minimum Gasteiger partial charge on any atom is -0.335 e. The zero-order chi connectivity index (χ0) is 13.1. The van der Waals surface area contributed by atoms with E-state index in [2.05, 4.69) is 10.1 Å². The summed E-state index contributed by atoms with van der Waals surface area (Å²) < 4.78 is 3.63. The lowest BCUT2D eigenvalue weighted by atomic mass is 10.2. The van der Waals surface area contributed by atoms with Crippen LogP contribution in [-0.4, -0.2) is 25.1 Å². The highest BCUT2D eigenvalue weighted by Crippen LogP contribution is 2.09. The fourth-order valence-electron chi connectivity index (χ4n) is 1.99. The van der Waals surface area contributed by atoms with Gasteiger partial charge in [-0.2, -0.15) is 5.10 Å². The van der Waals surface area contributed by atoms with Crippen LogP contribution in [0.5, 0.6) is 0 Å². The molecule has 0 bridgehead atoms. The van der Waals surface area contributed by atoms with E-state index in [4.69, 9.17) is 0 Å². The molecule has 0 unspecified atom stereocenters.